The fraction of sp³-hybridized carbons (Fsp3) is 0.133. The first-order valence-corrected chi connectivity index (χ1v) is 7.95. The van der Waals surface area contributed by atoms with Crippen LogP contribution in [0.15, 0.2) is 40.9 Å². The van der Waals surface area contributed by atoms with Crippen molar-refractivity contribution in [3.05, 3.63) is 67.1 Å². The first kappa shape index (κ1) is 16.6. The summed E-state index contributed by atoms with van der Waals surface area (Å²) in [5, 5.41) is 1.61. The number of hydrogen-bond donors (Lipinski definition) is 0. The quantitative estimate of drug-likeness (QED) is 0.641. The lowest BCUT2D eigenvalue weighted by Gasteiger charge is -2.19. The fourth-order valence-corrected chi connectivity index (χ4v) is 2.90. The van der Waals surface area contributed by atoms with Crippen LogP contribution < -0.4 is 0 Å². The number of carbonyl (C=O) groups is 1. The van der Waals surface area contributed by atoms with Gasteiger partial charge in [0.05, 0.1) is 5.56 Å². The minimum atomic E-state index is -0.143. The number of hydrogen-bond acceptors (Lipinski definition) is 1. The van der Waals surface area contributed by atoms with Crippen LogP contribution in [0.3, 0.4) is 0 Å². The second kappa shape index (κ2) is 7.01. The summed E-state index contributed by atoms with van der Waals surface area (Å²) in [5.74, 6) is -0.143. The van der Waals surface area contributed by atoms with Gasteiger partial charge < -0.3 is 4.90 Å². The van der Waals surface area contributed by atoms with Crippen molar-refractivity contribution in [2.24, 2.45) is 0 Å². The topological polar surface area (TPSA) is 20.3 Å². The predicted molar refractivity (Wildman–Crippen MR) is 91.4 cm³/mol. The van der Waals surface area contributed by atoms with Crippen LogP contribution in [0.5, 0.6) is 0 Å². The number of rotatable bonds is 3. The normalized spacial score (nSPS) is 10.5. The molecule has 2 nitrogen and oxygen atoms in total. The summed E-state index contributed by atoms with van der Waals surface area (Å²) in [4.78, 5) is 14.0. The molecule has 6 heteroatoms. The lowest BCUT2D eigenvalue weighted by atomic mass is 10.1. The summed E-state index contributed by atoms with van der Waals surface area (Å²) >= 11 is 21.3. The van der Waals surface area contributed by atoms with E-state index in [0.717, 1.165) is 5.56 Å². The van der Waals surface area contributed by atoms with E-state index < -0.39 is 0 Å². The Morgan fingerprint density at radius 1 is 1.10 bits per heavy atom. The third kappa shape index (κ3) is 4.13. The molecule has 2 rings (SSSR count). The van der Waals surface area contributed by atoms with Gasteiger partial charge in [-0.05, 0) is 51.8 Å². The van der Waals surface area contributed by atoms with Gasteiger partial charge in [-0.1, -0.05) is 40.9 Å². The zero-order chi connectivity index (χ0) is 15.6. The molecule has 21 heavy (non-hydrogen) atoms. The molecule has 0 atom stereocenters. The highest BCUT2D eigenvalue weighted by molar-refractivity contribution is 9.10. The molecule has 0 N–H and O–H groups in total. The highest BCUT2D eigenvalue weighted by atomic mass is 79.9. The second-order valence-corrected chi connectivity index (χ2v) is 6.66. The van der Waals surface area contributed by atoms with Gasteiger partial charge >= 0.3 is 0 Å². The number of amides is 1. The van der Waals surface area contributed by atoms with E-state index in [1.165, 1.54) is 0 Å². The summed E-state index contributed by atoms with van der Waals surface area (Å²) in [6, 6.07) is 10.3. The Kier molecular flexibility index (Phi) is 5.55. The van der Waals surface area contributed by atoms with Crippen molar-refractivity contribution < 1.29 is 4.79 Å². The zero-order valence-electron chi connectivity index (χ0n) is 11.0. The van der Waals surface area contributed by atoms with Crippen LogP contribution in [0.1, 0.15) is 15.9 Å². The maximum Gasteiger partial charge on any atom is 0.255 e. The fourth-order valence-electron chi connectivity index (χ4n) is 1.84. The number of carbonyl (C=O) groups excluding carboxylic acids is 1. The van der Waals surface area contributed by atoms with Crippen LogP contribution in [0, 0.1) is 0 Å². The Bertz CT molecular complexity index is 691. The lowest BCUT2D eigenvalue weighted by Crippen LogP contribution is -2.26. The van der Waals surface area contributed by atoms with Crippen LogP contribution in [0.4, 0.5) is 0 Å². The van der Waals surface area contributed by atoms with Crippen molar-refractivity contribution in [1.29, 1.82) is 0 Å². The molecule has 1 amide bonds. The molecule has 0 radical (unpaired) electrons. The standard InChI is InChI=1S/C15H11BrCl3NO/c1-20(8-9-2-3-11(18)7-14(9)19)15(21)12-6-10(17)4-5-13(12)16/h2-7H,8H2,1H3. The highest BCUT2D eigenvalue weighted by Crippen LogP contribution is 2.25. The minimum Gasteiger partial charge on any atom is -0.337 e. The van der Waals surface area contributed by atoms with Crippen molar-refractivity contribution in [3.63, 3.8) is 0 Å². The van der Waals surface area contributed by atoms with Gasteiger partial charge in [-0.3, -0.25) is 4.79 Å². The summed E-state index contributed by atoms with van der Waals surface area (Å²) in [6.07, 6.45) is 0. The lowest BCUT2D eigenvalue weighted by molar-refractivity contribution is 0.0784. The summed E-state index contributed by atoms with van der Waals surface area (Å²) in [5.41, 5.74) is 1.34. The monoisotopic (exact) mass is 405 g/mol. The van der Waals surface area contributed by atoms with Gasteiger partial charge in [-0.2, -0.15) is 0 Å². The molecule has 0 saturated carbocycles. The molecule has 0 heterocycles. The molecule has 0 aromatic heterocycles. The molecule has 2 aromatic carbocycles. The third-order valence-corrected chi connectivity index (χ3v) is 4.44. The molecule has 2 aromatic rings. The van der Waals surface area contributed by atoms with E-state index in [4.69, 9.17) is 34.8 Å². The second-order valence-electron chi connectivity index (χ2n) is 4.52. The molecule has 0 spiro atoms. The maximum atomic E-state index is 12.5. The van der Waals surface area contributed by atoms with Crippen LogP contribution in [-0.2, 0) is 6.54 Å². The van der Waals surface area contributed by atoms with Crippen molar-refractivity contribution in [3.8, 4) is 0 Å². The summed E-state index contributed by atoms with van der Waals surface area (Å²) < 4.78 is 0.700. The summed E-state index contributed by atoms with van der Waals surface area (Å²) in [7, 11) is 1.71. The van der Waals surface area contributed by atoms with Gasteiger partial charge in [0, 0.05) is 33.1 Å². The molecule has 0 aliphatic heterocycles. The first-order valence-electron chi connectivity index (χ1n) is 6.03. The maximum absolute atomic E-state index is 12.5. The largest absolute Gasteiger partial charge is 0.337 e. The van der Waals surface area contributed by atoms with Gasteiger partial charge in [0.15, 0.2) is 0 Å². The molecule has 0 saturated heterocycles. The zero-order valence-corrected chi connectivity index (χ0v) is 14.9. The number of halogens is 4. The van der Waals surface area contributed by atoms with Crippen LogP contribution in [0.2, 0.25) is 15.1 Å². The average molecular weight is 408 g/mol. The molecule has 0 aliphatic rings. The molecular weight excluding hydrogens is 396 g/mol. The first-order chi connectivity index (χ1) is 9.88. The Morgan fingerprint density at radius 3 is 2.38 bits per heavy atom. The Hall–Kier alpha value is -0.740. The average Bonchev–Trinajstić information content (AvgIpc) is 2.43. The minimum absolute atomic E-state index is 0.143. The smallest absolute Gasteiger partial charge is 0.255 e. The van der Waals surface area contributed by atoms with Crippen molar-refractivity contribution in [1.82, 2.24) is 4.90 Å². The van der Waals surface area contributed by atoms with E-state index >= 15 is 0 Å². The van der Waals surface area contributed by atoms with E-state index in [0.29, 0.717) is 31.6 Å². The van der Waals surface area contributed by atoms with E-state index in [1.54, 1.807) is 42.3 Å². The molecule has 0 fully saturated rings. The molecule has 0 aliphatic carbocycles. The van der Waals surface area contributed by atoms with Gasteiger partial charge in [0.1, 0.15) is 0 Å². The van der Waals surface area contributed by atoms with Gasteiger partial charge in [-0.15, -0.1) is 0 Å². The third-order valence-electron chi connectivity index (χ3n) is 2.93. The molecule has 110 valence electrons. The molecule has 0 unspecified atom stereocenters. The van der Waals surface area contributed by atoms with Crippen LogP contribution in [-0.4, -0.2) is 17.9 Å². The van der Waals surface area contributed by atoms with Crippen molar-refractivity contribution in [2.45, 2.75) is 6.54 Å². The highest BCUT2D eigenvalue weighted by Gasteiger charge is 2.16. The summed E-state index contributed by atoms with van der Waals surface area (Å²) in [6.45, 7) is 0.383. The molecule has 0 bridgehead atoms. The Balaban J connectivity index is 2.21. The van der Waals surface area contributed by atoms with Gasteiger partial charge in [0.25, 0.3) is 5.91 Å². The van der Waals surface area contributed by atoms with Gasteiger partial charge in [0.2, 0.25) is 0 Å². The van der Waals surface area contributed by atoms with E-state index in [9.17, 15) is 4.79 Å². The molecular formula is C15H11BrCl3NO. The van der Waals surface area contributed by atoms with Crippen LogP contribution >= 0.6 is 50.7 Å². The Morgan fingerprint density at radius 2 is 1.71 bits per heavy atom. The van der Waals surface area contributed by atoms with E-state index in [-0.39, 0.29) is 5.91 Å². The van der Waals surface area contributed by atoms with E-state index in [2.05, 4.69) is 15.9 Å². The van der Waals surface area contributed by atoms with E-state index in [1.807, 2.05) is 6.07 Å². The predicted octanol–water partition coefficient (Wildman–Crippen LogP) is 5.68. The Labute approximate surface area is 146 Å². The SMILES string of the molecule is CN(Cc1ccc(Cl)cc1Cl)C(=O)c1cc(Cl)ccc1Br. The number of nitrogens with zero attached hydrogens (tertiary/aromatic N) is 1. The number of benzene rings is 2. The van der Waals surface area contributed by atoms with Crippen LogP contribution in [0.25, 0.3) is 0 Å². The van der Waals surface area contributed by atoms with Gasteiger partial charge in [-0.25, -0.2) is 0 Å². The van der Waals surface area contributed by atoms with Crippen molar-refractivity contribution >= 4 is 56.6 Å². The van der Waals surface area contributed by atoms with Crippen molar-refractivity contribution in [2.75, 3.05) is 7.05 Å².